The highest BCUT2D eigenvalue weighted by molar-refractivity contribution is 6.00. The van der Waals surface area contributed by atoms with Gasteiger partial charge in [-0.1, -0.05) is 12.1 Å². The highest BCUT2D eigenvalue weighted by atomic mass is 16.5. The van der Waals surface area contributed by atoms with Crippen molar-refractivity contribution in [3.63, 3.8) is 0 Å². The van der Waals surface area contributed by atoms with Gasteiger partial charge in [-0.25, -0.2) is 9.97 Å². The monoisotopic (exact) mass is 396 g/mol. The minimum Gasteiger partial charge on any atom is -0.508 e. The Morgan fingerprint density at radius 3 is 2.59 bits per heavy atom. The number of rotatable bonds is 7. The summed E-state index contributed by atoms with van der Waals surface area (Å²) in [4.78, 5) is 11.2. The minimum absolute atomic E-state index is 0.240. The van der Waals surface area contributed by atoms with Gasteiger partial charge in [0.05, 0.1) is 18.6 Å². The van der Waals surface area contributed by atoms with E-state index in [2.05, 4.69) is 25.6 Å². The number of fused-ring (bicyclic) bond motifs is 1. The van der Waals surface area contributed by atoms with E-state index in [-0.39, 0.29) is 5.75 Å². The van der Waals surface area contributed by atoms with Crippen LogP contribution in [0.25, 0.3) is 22.2 Å². The summed E-state index contributed by atoms with van der Waals surface area (Å²) in [7, 11) is 0. The topological polar surface area (TPSA) is 115 Å². The SMILES string of the molecule is NCCOCCN1CCC(n2cc(-c3ccc(O)cc3)c3c(N)ncnc32)CC1. The van der Waals surface area contributed by atoms with E-state index >= 15 is 0 Å². The number of phenols is 1. The number of nitrogens with two attached hydrogens (primary N) is 2. The quantitative estimate of drug-likeness (QED) is 0.523. The molecule has 0 spiro atoms. The molecule has 1 aliphatic rings. The van der Waals surface area contributed by atoms with Gasteiger partial charge in [-0.15, -0.1) is 0 Å². The second-order valence-corrected chi connectivity index (χ2v) is 7.43. The maximum absolute atomic E-state index is 9.62. The molecule has 3 heterocycles. The second kappa shape index (κ2) is 8.77. The molecule has 8 heteroatoms. The Bertz CT molecular complexity index is 948. The van der Waals surface area contributed by atoms with E-state index in [1.54, 1.807) is 12.1 Å². The van der Waals surface area contributed by atoms with Crippen LogP contribution in [0.2, 0.25) is 0 Å². The molecule has 4 rings (SSSR count). The Hall–Kier alpha value is -2.68. The predicted octanol–water partition coefficient (Wildman–Crippen LogP) is 2.00. The zero-order chi connectivity index (χ0) is 20.2. The number of benzene rings is 1. The van der Waals surface area contributed by atoms with Crippen LogP contribution >= 0.6 is 0 Å². The van der Waals surface area contributed by atoms with Gasteiger partial charge in [0, 0.05) is 44.0 Å². The van der Waals surface area contributed by atoms with E-state index in [4.69, 9.17) is 16.2 Å². The minimum atomic E-state index is 0.240. The molecule has 1 saturated heterocycles. The maximum atomic E-state index is 9.62. The Balaban J connectivity index is 1.56. The Kier molecular flexibility index (Phi) is 5.94. The van der Waals surface area contributed by atoms with Gasteiger partial charge in [-0.3, -0.25) is 0 Å². The molecular formula is C21H28N6O2. The van der Waals surface area contributed by atoms with Crippen LogP contribution in [0.3, 0.4) is 0 Å². The molecular weight excluding hydrogens is 368 g/mol. The van der Waals surface area contributed by atoms with Crippen LogP contribution < -0.4 is 11.5 Å². The standard InChI is InChI=1S/C21H28N6O2/c22-7-11-29-12-10-26-8-5-16(6-9-26)27-13-18(15-1-3-17(28)4-2-15)19-20(23)24-14-25-21(19)27/h1-4,13-14,16,28H,5-12,22H2,(H2,23,24,25). The van der Waals surface area contributed by atoms with Crippen LogP contribution in [0.5, 0.6) is 5.75 Å². The number of aromatic hydroxyl groups is 1. The zero-order valence-corrected chi connectivity index (χ0v) is 16.5. The van der Waals surface area contributed by atoms with Crippen LogP contribution in [0.15, 0.2) is 36.8 Å². The van der Waals surface area contributed by atoms with Gasteiger partial charge < -0.3 is 30.8 Å². The number of hydrogen-bond donors (Lipinski definition) is 3. The Morgan fingerprint density at radius 1 is 1.10 bits per heavy atom. The highest BCUT2D eigenvalue weighted by Crippen LogP contribution is 2.36. The van der Waals surface area contributed by atoms with E-state index in [9.17, 15) is 5.11 Å². The molecule has 0 atom stereocenters. The van der Waals surface area contributed by atoms with Crippen molar-refractivity contribution in [3.05, 3.63) is 36.8 Å². The summed E-state index contributed by atoms with van der Waals surface area (Å²) in [6.07, 6.45) is 5.74. The zero-order valence-electron chi connectivity index (χ0n) is 16.5. The summed E-state index contributed by atoms with van der Waals surface area (Å²) >= 11 is 0. The van der Waals surface area contributed by atoms with Gasteiger partial charge >= 0.3 is 0 Å². The summed E-state index contributed by atoms with van der Waals surface area (Å²) in [5.41, 5.74) is 14.5. The molecule has 1 aliphatic heterocycles. The predicted molar refractivity (Wildman–Crippen MR) is 114 cm³/mol. The van der Waals surface area contributed by atoms with Crippen LogP contribution in [0, 0.1) is 0 Å². The molecule has 0 saturated carbocycles. The van der Waals surface area contributed by atoms with Crippen LogP contribution in [0.4, 0.5) is 5.82 Å². The average molecular weight is 396 g/mol. The van der Waals surface area contributed by atoms with Crippen LogP contribution in [0.1, 0.15) is 18.9 Å². The lowest BCUT2D eigenvalue weighted by atomic mass is 10.0. The first kappa shape index (κ1) is 19.6. The molecule has 0 aliphatic carbocycles. The third-order valence-electron chi connectivity index (χ3n) is 5.58. The lowest BCUT2D eigenvalue weighted by Gasteiger charge is -2.32. The molecule has 0 radical (unpaired) electrons. The van der Waals surface area contributed by atoms with E-state index in [0.29, 0.717) is 25.0 Å². The summed E-state index contributed by atoms with van der Waals surface area (Å²) in [5.74, 6) is 0.718. The van der Waals surface area contributed by atoms with Crippen molar-refractivity contribution in [1.29, 1.82) is 0 Å². The first-order chi connectivity index (χ1) is 14.2. The Labute approximate surface area is 170 Å². The van der Waals surface area contributed by atoms with Gasteiger partial charge in [0.15, 0.2) is 0 Å². The van der Waals surface area contributed by atoms with Crippen molar-refractivity contribution in [2.24, 2.45) is 5.73 Å². The second-order valence-electron chi connectivity index (χ2n) is 7.43. The van der Waals surface area contributed by atoms with Gasteiger partial charge in [-0.05, 0) is 30.5 Å². The molecule has 0 bridgehead atoms. The highest BCUT2D eigenvalue weighted by Gasteiger charge is 2.24. The third-order valence-corrected chi connectivity index (χ3v) is 5.58. The van der Waals surface area contributed by atoms with Crippen molar-refractivity contribution >= 4 is 16.9 Å². The number of hydrogen-bond acceptors (Lipinski definition) is 7. The number of nitrogens with zero attached hydrogens (tertiary/aromatic N) is 4. The van der Waals surface area contributed by atoms with Gasteiger partial charge in [0.1, 0.15) is 23.5 Å². The number of anilines is 1. The fourth-order valence-electron chi connectivity index (χ4n) is 4.05. The van der Waals surface area contributed by atoms with Crippen molar-refractivity contribution < 1.29 is 9.84 Å². The first-order valence-electron chi connectivity index (χ1n) is 10.1. The van der Waals surface area contributed by atoms with Crippen molar-refractivity contribution in [2.45, 2.75) is 18.9 Å². The summed E-state index contributed by atoms with van der Waals surface area (Å²) in [5, 5.41) is 10.5. The number of aromatic nitrogens is 3. The van der Waals surface area contributed by atoms with Gasteiger partial charge in [-0.2, -0.15) is 0 Å². The van der Waals surface area contributed by atoms with E-state index in [1.807, 2.05) is 12.1 Å². The summed E-state index contributed by atoms with van der Waals surface area (Å²) in [6, 6.07) is 7.52. The number of ether oxygens (including phenoxy) is 1. The lowest BCUT2D eigenvalue weighted by molar-refractivity contribution is 0.0939. The molecule has 8 nitrogen and oxygen atoms in total. The van der Waals surface area contributed by atoms with E-state index in [1.165, 1.54) is 6.33 Å². The molecule has 0 amide bonds. The normalized spacial score (nSPS) is 15.9. The van der Waals surface area contributed by atoms with Crippen LogP contribution in [-0.2, 0) is 4.74 Å². The Morgan fingerprint density at radius 2 is 1.86 bits per heavy atom. The maximum Gasteiger partial charge on any atom is 0.146 e. The average Bonchev–Trinajstić information content (AvgIpc) is 3.13. The molecule has 154 valence electrons. The third kappa shape index (κ3) is 4.19. The van der Waals surface area contributed by atoms with Gasteiger partial charge in [0.25, 0.3) is 0 Å². The first-order valence-corrected chi connectivity index (χ1v) is 10.1. The molecule has 29 heavy (non-hydrogen) atoms. The largest absolute Gasteiger partial charge is 0.508 e. The molecule has 5 N–H and O–H groups in total. The smallest absolute Gasteiger partial charge is 0.146 e. The molecule has 3 aromatic rings. The number of likely N-dealkylation sites (tertiary alicyclic amines) is 1. The fourth-order valence-corrected chi connectivity index (χ4v) is 4.05. The molecule has 2 aromatic heterocycles. The van der Waals surface area contributed by atoms with E-state index in [0.717, 1.165) is 61.2 Å². The number of nitrogen functional groups attached to an aromatic ring is 1. The summed E-state index contributed by atoms with van der Waals surface area (Å²) in [6.45, 7) is 4.89. The number of piperidine rings is 1. The van der Waals surface area contributed by atoms with Crippen molar-refractivity contribution in [1.82, 2.24) is 19.4 Å². The molecule has 1 aromatic carbocycles. The fraction of sp³-hybridized carbons (Fsp3) is 0.429. The number of phenolic OH excluding ortho intramolecular Hbond substituents is 1. The van der Waals surface area contributed by atoms with Crippen molar-refractivity contribution in [2.75, 3.05) is 45.1 Å². The summed E-state index contributed by atoms with van der Waals surface area (Å²) < 4.78 is 7.76. The van der Waals surface area contributed by atoms with Crippen molar-refractivity contribution in [3.8, 4) is 16.9 Å². The van der Waals surface area contributed by atoms with E-state index < -0.39 is 0 Å². The lowest BCUT2D eigenvalue weighted by Crippen LogP contribution is -2.36. The molecule has 1 fully saturated rings. The van der Waals surface area contributed by atoms with Gasteiger partial charge in [0.2, 0.25) is 0 Å². The molecule has 0 unspecified atom stereocenters. The van der Waals surface area contributed by atoms with Crippen LogP contribution in [-0.4, -0.2) is 63.9 Å².